The Morgan fingerprint density at radius 3 is 2.41 bits per heavy atom. The normalized spacial score (nSPS) is 12.2. The van der Waals surface area contributed by atoms with Gasteiger partial charge in [0.2, 0.25) is 5.91 Å². The number of alkyl halides is 3. The van der Waals surface area contributed by atoms with Crippen molar-refractivity contribution in [2.45, 2.75) is 25.1 Å². The maximum atomic E-state index is 12.8. The molecule has 7 nitrogen and oxygen atoms in total. The Morgan fingerprint density at radius 1 is 1.09 bits per heavy atom. The second kappa shape index (κ2) is 11.0. The first-order valence-electron chi connectivity index (χ1n) is 10.5. The van der Waals surface area contributed by atoms with Crippen LogP contribution >= 0.6 is 0 Å². The number of amides is 1. The maximum absolute atomic E-state index is 12.8. The van der Waals surface area contributed by atoms with Crippen molar-refractivity contribution in [3.63, 3.8) is 0 Å². The van der Waals surface area contributed by atoms with Crippen LogP contribution < -0.4 is 19.5 Å². The van der Waals surface area contributed by atoms with Gasteiger partial charge in [0, 0.05) is 25.9 Å². The molecular formula is C24H26F3N3O4. The monoisotopic (exact) mass is 477 g/mol. The van der Waals surface area contributed by atoms with Crippen LogP contribution in [-0.4, -0.2) is 42.5 Å². The number of benzene rings is 2. The Balaban J connectivity index is 1.68. The lowest BCUT2D eigenvalue weighted by atomic mass is 10.0. The van der Waals surface area contributed by atoms with E-state index in [2.05, 4.69) is 10.3 Å². The van der Waals surface area contributed by atoms with Crippen LogP contribution in [0.15, 0.2) is 54.9 Å². The van der Waals surface area contributed by atoms with E-state index < -0.39 is 18.8 Å². The summed E-state index contributed by atoms with van der Waals surface area (Å²) in [6, 6.07) is 11.5. The predicted molar refractivity (Wildman–Crippen MR) is 119 cm³/mol. The average molecular weight is 477 g/mol. The van der Waals surface area contributed by atoms with Crippen molar-refractivity contribution in [3.05, 3.63) is 71.8 Å². The SMILES string of the molecule is COc1ccc(C(NC(=O)CCc2ccc(OCC(F)(F)F)c(OC)c2)c2nccn2C)cc1. The summed E-state index contributed by atoms with van der Waals surface area (Å²) in [4.78, 5) is 17.2. The number of nitrogens with zero attached hydrogens (tertiary/aromatic N) is 2. The second-order valence-corrected chi connectivity index (χ2v) is 7.56. The number of carbonyl (C=O) groups excluding carboxylic acids is 1. The molecule has 0 saturated carbocycles. The van der Waals surface area contributed by atoms with E-state index in [-0.39, 0.29) is 23.8 Å². The molecule has 1 unspecified atom stereocenters. The molecule has 3 rings (SSSR count). The van der Waals surface area contributed by atoms with Crippen LogP contribution in [0.5, 0.6) is 17.2 Å². The third-order valence-electron chi connectivity index (χ3n) is 5.13. The minimum absolute atomic E-state index is 0.0117. The molecule has 34 heavy (non-hydrogen) atoms. The number of hydrogen-bond acceptors (Lipinski definition) is 5. The second-order valence-electron chi connectivity index (χ2n) is 7.56. The van der Waals surface area contributed by atoms with E-state index in [4.69, 9.17) is 14.2 Å². The Morgan fingerprint density at radius 2 is 1.82 bits per heavy atom. The van der Waals surface area contributed by atoms with Gasteiger partial charge in [-0.05, 0) is 41.8 Å². The van der Waals surface area contributed by atoms with Crippen LogP contribution in [-0.2, 0) is 18.3 Å². The zero-order valence-corrected chi connectivity index (χ0v) is 19.1. The van der Waals surface area contributed by atoms with Crippen LogP contribution in [0, 0.1) is 0 Å². The van der Waals surface area contributed by atoms with E-state index in [0.717, 1.165) is 11.1 Å². The van der Waals surface area contributed by atoms with Crippen LogP contribution in [0.2, 0.25) is 0 Å². The molecule has 3 aromatic rings. The van der Waals surface area contributed by atoms with Gasteiger partial charge in [-0.25, -0.2) is 4.98 Å². The number of imidazole rings is 1. The summed E-state index contributed by atoms with van der Waals surface area (Å²) in [5.74, 6) is 1.32. The number of carbonyl (C=O) groups is 1. The van der Waals surface area contributed by atoms with Crippen molar-refractivity contribution in [1.82, 2.24) is 14.9 Å². The first-order valence-corrected chi connectivity index (χ1v) is 10.5. The Kier molecular flexibility index (Phi) is 8.04. The topological polar surface area (TPSA) is 74.6 Å². The van der Waals surface area contributed by atoms with Gasteiger partial charge < -0.3 is 24.1 Å². The summed E-state index contributed by atoms with van der Waals surface area (Å²) in [7, 11) is 4.77. The predicted octanol–water partition coefficient (Wildman–Crippen LogP) is 4.22. The van der Waals surface area contributed by atoms with Crippen molar-refractivity contribution < 1.29 is 32.2 Å². The number of methoxy groups -OCH3 is 2. The van der Waals surface area contributed by atoms with E-state index in [1.165, 1.54) is 13.2 Å². The van der Waals surface area contributed by atoms with Gasteiger partial charge in [0.25, 0.3) is 0 Å². The van der Waals surface area contributed by atoms with Crippen molar-refractivity contribution >= 4 is 5.91 Å². The van der Waals surface area contributed by atoms with Crippen molar-refractivity contribution in [2.24, 2.45) is 7.05 Å². The number of aryl methyl sites for hydroxylation is 2. The van der Waals surface area contributed by atoms with Crippen molar-refractivity contribution in [2.75, 3.05) is 20.8 Å². The van der Waals surface area contributed by atoms with Gasteiger partial charge in [0.15, 0.2) is 18.1 Å². The van der Waals surface area contributed by atoms with Crippen LogP contribution in [0.3, 0.4) is 0 Å². The van der Waals surface area contributed by atoms with E-state index in [9.17, 15) is 18.0 Å². The number of rotatable bonds is 10. The lowest BCUT2D eigenvalue weighted by molar-refractivity contribution is -0.153. The third-order valence-corrected chi connectivity index (χ3v) is 5.13. The third kappa shape index (κ3) is 6.66. The van der Waals surface area contributed by atoms with Gasteiger partial charge in [-0.2, -0.15) is 13.2 Å². The zero-order chi connectivity index (χ0) is 24.7. The maximum Gasteiger partial charge on any atom is 0.422 e. The standard InChI is InChI=1S/C24H26F3N3O4/c1-30-13-12-28-23(30)22(17-6-8-18(32-2)9-7-17)29-21(31)11-5-16-4-10-19(20(14-16)33-3)34-15-24(25,26)27/h4,6-10,12-14,22H,5,11,15H2,1-3H3,(H,29,31). The molecule has 0 spiro atoms. The number of ether oxygens (including phenoxy) is 3. The fourth-order valence-corrected chi connectivity index (χ4v) is 3.39. The number of halogens is 3. The van der Waals surface area contributed by atoms with Crippen LogP contribution in [0.25, 0.3) is 0 Å². The number of hydrogen-bond donors (Lipinski definition) is 1. The molecule has 0 aliphatic carbocycles. The van der Waals surface area contributed by atoms with Gasteiger partial charge in [-0.1, -0.05) is 18.2 Å². The molecule has 1 atom stereocenters. The van der Waals surface area contributed by atoms with E-state index in [1.54, 1.807) is 31.6 Å². The van der Waals surface area contributed by atoms with Gasteiger partial charge >= 0.3 is 6.18 Å². The van der Waals surface area contributed by atoms with E-state index in [1.807, 2.05) is 35.9 Å². The molecular weight excluding hydrogens is 451 g/mol. The molecule has 0 aliphatic heterocycles. The molecule has 0 saturated heterocycles. The summed E-state index contributed by atoms with van der Waals surface area (Å²) in [6.45, 7) is -1.41. The molecule has 1 heterocycles. The quantitative estimate of drug-likeness (QED) is 0.474. The number of nitrogens with one attached hydrogen (secondary N) is 1. The first-order chi connectivity index (χ1) is 16.2. The molecule has 182 valence electrons. The number of aromatic nitrogens is 2. The molecule has 1 aromatic heterocycles. The van der Waals surface area contributed by atoms with Gasteiger partial charge in [0.1, 0.15) is 17.6 Å². The summed E-state index contributed by atoms with van der Waals surface area (Å²) >= 11 is 0. The Labute approximate surface area is 195 Å². The van der Waals surface area contributed by atoms with Crippen LogP contribution in [0.4, 0.5) is 13.2 Å². The highest BCUT2D eigenvalue weighted by atomic mass is 19.4. The molecule has 0 bridgehead atoms. The summed E-state index contributed by atoms with van der Waals surface area (Å²) in [5, 5.41) is 3.02. The van der Waals surface area contributed by atoms with E-state index >= 15 is 0 Å². The Bertz CT molecular complexity index is 1100. The summed E-state index contributed by atoms with van der Waals surface area (Å²) < 4.78 is 54.3. The highest BCUT2D eigenvalue weighted by Gasteiger charge is 2.29. The molecule has 0 fully saturated rings. The highest BCUT2D eigenvalue weighted by molar-refractivity contribution is 5.77. The minimum Gasteiger partial charge on any atom is -0.497 e. The smallest absolute Gasteiger partial charge is 0.422 e. The summed E-state index contributed by atoms with van der Waals surface area (Å²) in [6.07, 6.45) is -0.477. The van der Waals surface area contributed by atoms with Crippen molar-refractivity contribution in [3.8, 4) is 17.2 Å². The lowest BCUT2D eigenvalue weighted by Crippen LogP contribution is -2.31. The molecule has 2 aromatic carbocycles. The van der Waals surface area contributed by atoms with E-state index in [0.29, 0.717) is 18.0 Å². The van der Waals surface area contributed by atoms with Gasteiger partial charge in [-0.15, -0.1) is 0 Å². The Hall–Kier alpha value is -3.69. The first kappa shape index (κ1) is 24.9. The molecule has 0 aliphatic rings. The van der Waals surface area contributed by atoms with Crippen molar-refractivity contribution in [1.29, 1.82) is 0 Å². The zero-order valence-electron chi connectivity index (χ0n) is 19.1. The lowest BCUT2D eigenvalue weighted by Gasteiger charge is -2.19. The molecule has 1 N–H and O–H groups in total. The average Bonchev–Trinajstić information content (AvgIpc) is 3.25. The fourth-order valence-electron chi connectivity index (χ4n) is 3.39. The molecule has 0 radical (unpaired) electrons. The van der Waals surface area contributed by atoms with Gasteiger partial charge in [-0.3, -0.25) is 4.79 Å². The minimum atomic E-state index is -4.45. The van der Waals surface area contributed by atoms with Crippen LogP contribution in [0.1, 0.15) is 29.4 Å². The van der Waals surface area contributed by atoms with Gasteiger partial charge in [0.05, 0.1) is 14.2 Å². The highest BCUT2D eigenvalue weighted by Crippen LogP contribution is 2.30. The molecule has 1 amide bonds. The fraction of sp³-hybridized carbons (Fsp3) is 0.333. The molecule has 10 heteroatoms. The largest absolute Gasteiger partial charge is 0.497 e. The summed E-state index contributed by atoms with van der Waals surface area (Å²) in [5.41, 5.74) is 1.57.